The summed E-state index contributed by atoms with van der Waals surface area (Å²) >= 11 is 0. The van der Waals surface area contributed by atoms with Crippen LogP contribution in [0.3, 0.4) is 0 Å². The first-order chi connectivity index (χ1) is 7.88. The normalized spacial score (nSPS) is 14.7. The van der Waals surface area contributed by atoms with E-state index in [4.69, 9.17) is 0 Å². The third kappa shape index (κ3) is 4.81. The van der Waals surface area contributed by atoms with Crippen molar-refractivity contribution >= 4 is 16.6 Å². The third-order valence-corrected chi connectivity index (χ3v) is 3.24. The van der Waals surface area contributed by atoms with Gasteiger partial charge in [0.25, 0.3) is 0 Å². The monoisotopic (exact) mass is 255 g/mol. The van der Waals surface area contributed by atoms with Gasteiger partial charge in [-0.25, -0.2) is 9.97 Å². The fourth-order valence-corrected chi connectivity index (χ4v) is 2.36. The van der Waals surface area contributed by atoms with Crippen molar-refractivity contribution in [2.75, 3.05) is 17.3 Å². The van der Waals surface area contributed by atoms with Crippen molar-refractivity contribution in [2.24, 2.45) is 0 Å². The van der Waals surface area contributed by atoms with Gasteiger partial charge in [-0.3, -0.25) is 4.21 Å². The van der Waals surface area contributed by atoms with Crippen molar-refractivity contribution < 1.29 is 4.21 Å². The van der Waals surface area contributed by atoms with Crippen molar-refractivity contribution in [1.29, 1.82) is 0 Å². The molecule has 0 aliphatic heterocycles. The number of nitrogens with zero attached hydrogens (tertiary/aromatic N) is 2. The summed E-state index contributed by atoms with van der Waals surface area (Å²) in [5.74, 6) is 2.60. The van der Waals surface area contributed by atoms with Crippen LogP contribution in [0.4, 0.5) is 5.82 Å². The van der Waals surface area contributed by atoms with Crippen LogP contribution >= 0.6 is 0 Å². The van der Waals surface area contributed by atoms with Gasteiger partial charge in [-0.05, 0) is 13.8 Å². The molecule has 0 aliphatic rings. The van der Waals surface area contributed by atoms with Crippen molar-refractivity contribution in [3.05, 3.63) is 17.6 Å². The van der Waals surface area contributed by atoms with E-state index in [0.29, 0.717) is 11.7 Å². The summed E-state index contributed by atoms with van der Waals surface area (Å²) < 4.78 is 11.1. The predicted octanol–water partition coefficient (Wildman–Crippen LogP) is 2.09. The zero-order valence-corrected chi connectivity index (χ0v) is 12.0. The van der Waals surface area contributed by atoms with Gasteiger partial charge in [-0.1, -0.05) is 13.8 Å². The smallest absolute Gasteiger partial charge is 0.133 e. The SMILES string of the molecule is Cc1cc(NC(C)CS(C)=O)nc(C(C)C)n1. The maximum atomic E-state index is 11.1. The lowest BCUT2D eigenvalue weighted by Crippen LogP contribution is -2.23. The lowest BCUT2D eigenvalue weighted by atomic mass is 10.2. The van der Waals surface area contributed by atoms with E-state index in [1.807, 2.05) is 19.9 Å². The van der Waals surface area contributed by atoms with Crippen LogP contribution in [0.25, 0.3) is 0 Å². The van der Waals surface area contributed by atoms with Gasteiger partial charge >= 0.3 is 0 Å². The molecule has 0 spiro atoms. The summed E-state index contributed by atoms with van der Waals surface area (Å²) in [4.78, 5) is 8.85. The molecule has 1 N–H and O–H groups in total. The molecule has 0 saturated carbocycles. The van der Waals surface area contributed by atoms with Crippen molar-refractivity contribution in [3.63, 3.8) is 0 Å². The summed E-state index contributed by atoms with van der Waals surface area (Å²) in [6.45, 7) is 8.11. The zero-order valence-electron chi connectivity index (χ0n) is 11.2. The van der Waals surface area contributed by atoms with E-state index in [2.05, 4.69) is 29.1 Å². The molecule has 17 heavy (non-hydrogen) atoms. The van der Waals surface area contributed by atoms with Crippen LogP contribution in [-0.4, -0.2) is 32.2 Å². The Morgan fingerprint density at radius 1 is 1.35 bits per heavy atom. The van der Waals surface area contributed by atoms with Crippen LogP contribution in [0, 0.1) is 6.92 Å². The Morgan fingerprint density at radius 2 is 2.00 bits per heavy atom. The van der Waals surface area contributed by atoms with Gasteiger partial charge in [0.05, 0.1) is 0 Å². The van der Waals surface area contributed by atoms with Crippen LogP contribution < -0.4 is 5.32 Å². The maximum Gasteiger partial charge on any atom is 0.133 e. The Morgan fingerprint density at radius 3 is 2.53 bits per heavy atom. The molecule has 0 aromatic carbocycles. The maximum absolute atomic E-state index is 11.1. The fourth-order valence-electron chi connectivity index (χ4n) is 1.57. The lowest BCUT2D eigenvalue weighted by molar-refractivity contribution is 0.682. The number of hydrogen-bond donors (Lipinski definition) is 1. The zero-order chi connectivity index (χ0) is 13.0. The van der Waals surface area contributed by atoms with Gasteiger partial charge < -0.3 is 5.32 Å². The largest absolute Gasteiger partial charge is 0.367 e. The summed E-state index contributed by atoms with van der Waals surface area (Å²) in [5, 5.41) is 3.27. The summed E-state index contributed by atoms with van der Waals surface area (Å²) in [6.07, 6.45) is 1.71. The molecule has 0 aliphatic carbocycles. The Kier molecular flexibility index (Phi) is 5.05. The Bertz CT molecular complexity index is 407. The highest BCUT2D eigenvalue weighted by atomic mass is 32.2. The molecule has 0 amide bonds. The van der Waals surface area contributed by atoms with Gasteiger partial charge in [0.2, 0.25) is 0 Å². The minimum absolute atomic E-state index is 0.148. The van der Waals surface area contributed by atoms with E-state index >= 15 is 0 Å². The second-order valence-electron chi connectivity index (χ2n) is 4.69. The average Bonchev–Trinajstić information content (AvgIpc) is 2.14. The molecule has 1 aromatic heterocycles. The van der Waals surface area contributed by atoms with Gasteiger partial charge in [-0.2, -0.15) is 0 Å². The molecule has 0 saturated heterocycles. The standard InChI is InChI=1S/C12H21N3OS/c1-8(2)12-14-9(3)6-11(15-12)13-10(4)7-17(5)16/h6,8,10H,7H2,1-5H3,(H,13,14,15). The van der Waals surface area contributed by atoms with E-state index in [0.717, 1.165) is 17.3 Å². The predicted molar refractivity (Wildman–Crippen MR) is 72.9 cm³/mol. The molecule has 2 atom stereocenters. The molecular formula is C12H21N3OS. The molecule has 0 fully saturated rings. The molecule has 0 bridgehead atoms. The first-order valence-corrected chi connectivity index (χ1v) is 7.53. The minimum Gasteiger partial charge on any atom is -0.367 e. The van der Waals surface area contributed by atoms with E-state index in [-0.39, 0.29) is 6.04 Å². The minimum atomic E-state index is -0.795. The first-order valence-electron chi connectivity index (χ1n) is 5.80. The number of rotatable bonds is 5. The van der Waals surface area contributed by atoms with Crippen LogP contribution in [0.2, 0.25) is 0 Å². The number of nitrogens with one attached hydrogen (secondary N) is 1. The molecule has 4 nitrogen and oxygen atoms in total. The fraction of sp³-hybridized carbons (Fsp3) is 0.667. The molecule has 2 unspecified atom stereocenters. The molecule has 1 heterocycles. The molecule has 0 radical (unpaired) electrons. The van der Waals surface area contributed by atoms with Gasteiger partial charge in [0.1, 0.15) is 11.6 Å². The van der Waals surface area contributed by atoms with E-state index in [1.54, 1.807) is 6.26 Å². The van der Waals surface area contributed by atoms with Crippen LogP contribution in [0.1, 0.15) is 38.2 Å². The third-order valence-electron chi connectivity index (χ3n) is 2.27. The summed E-state index contributed by atoms with van der Waals surface area (Å²) in [5.41, 5.74) is 0.955. The number of anilines is 1. The van der Waals surface area contributed by atoms with Gasteiger partial charge in [0.15, 0.2) is 0 Å². The Hall–Kier alpha value is -0.970. The van der Waals surface area contributed by atoms with Crippen LogP contribution in [0.5, 0.6) is 0 Å². The number of aryl methyl sites for hydroxylation is 1. The second-order valence-corrected chi connectivity index (χ2v) is 6.17. The van der Waals surface area contributed by atoms with Gasteiger partial charge in [-0.15, -0.1) is 0 Å². The second kappa shape index (κ2) is 6.10. The Balaban J connectivity index is 2.80. The molecule has 1 rings (SSSR count). The topological polar surface area (TPSA) is 54.9 Å². The molecular weight excluding hydrogens is 234 g/mol. The number of hydrogen-bond acceptors (Lipinski definition) is 4. The van der Waals surface area contributed by atoms with E-state index < -0.39 is 10.8 Å². The van der Waals surface area contributed by atoms with E-state index in [9.17, 15) is 4.21 Å². The van der Waals surface area contributed by atoms with Crippen LogP contribution in [0.15, 0.2) is 6.07 Å². The average molecular weight is 255 g/mol. The molecule has 5 heteroatoms. The quantitative estimate of drug-likeness (QED) is 0.875. The van der Waals surface area contributed by atoms with E-state index in [1.165, 1.54) is 0 Å². The Labute approximate surface area is 106 Å². The highest BCUT2D eigenvalue weighted by Crippen LogP contribution is 2.14. The highest BCUT2D eigenvalue weighted by Gasteiger charge is 2.09. The summed E-state index contributed by atoms with van der Waals surface area (Å²) in [7, 11) is -0.795. The summed E-state index contributed by atoms with van der Waals surface area (Å²) in [6, 6.07) is 2.07. The highest BCUT2D eigenvalue weighted by molar-refractivity contribution is 7.84. The van der Waals surface area contributed by atoms with Crippen molar-refractivity contribution in [1.82, 2.24) is 9.97 Å². The van der Waals surface area contributed by atoms with Crippen molar-refractivity contribution in [3.8, 4) is 0 Å². The van der Waals surface area contributed by atoms with Crippen LogP contribution in [-0.2, 0) is 10.8 Å². The first kappa shape index (κ1) is 14.1. The number of aromatic nitrogens is 2. The molecule has 96 valence electrons. The van der Waals surface area contributed by atoms with Gasteiger partial charge in [0, 0.05) is 46.5 Å². The van der Waals surface area contributed by atoms with Crippen molar-refractivity contribution in [2.45, 2.75) is 39.7 Å². The molecule has 1 aromatic rings. The lowest BCUT2D eigenvalue weighted by Gasteiger charge is -2.15.